The third kappa shape index (κ3) is 3.27. The van der Waals surface area contributed by atoms with E-state index in [1.807, 2.05) is 30.3 Å². The van der Waals surface area contributed by atoms with E-state index in [-0.39, 0.29) is 11.0 Å². The van der Waals surface area contributed by atoms with E-state index in [1.165, 1.54) is 4.68 Å². The van der Waals surface area contributed by atoms with Gasteiger partial charge in [-0.3, -0.25) is 14.6 Å². The topological polar surface area (TPSA) is 49.8 Å². The fourth-order valence-electron chi connectivity index (χ4n) is 2.06. The molecule has 0 saturated carbocycles. The normalized spacial score (nSPS) is 11.4. The largest absolute Gasteiger partial charge is 0.384 e. The average molecular weight is 285 g/mol. The van der Waals surface area contributed by atoms with Crippen LogP contribution in [0.1, 0.15) is 26.3 Å². The Labute approximate surface area is 125 Å². The van der Waals surface area contributed by atoms with Crippen LogP contribution >= 0.6 is 0 Å². The lowest BCUT2D eigenvalue weighted by Gasteiger charge is -2.23. The van der Waals surface area contributed by atoms with Gasteiger partial charge in [-0.15, -0.1) is 0 Å². The predicted molar refractivity (Wildman–Crippen MR) is 86.9 cm³/mol. The fourth-order valence-corrected chi connectivity index (χ4v) is 2.06. The SMILES string of the molecule is C=C(NCc1c(-c2ccccc2)[nH]n(C)c1=O)C(C)(C)C. The summed E-state index contributed by atoms with van der Waals surface area (Å²) in [7, 11) is 1.73. The second kappa shape index (κ2) is 5.64. The molecule has 0 aliphatic carbocycles. The summed E-state index contributed by atoms with van der Waals surface area (Å²) in [4.78, 5) is 12.3. The van der Waals surface area contributed by atoms with Crippen molar-refractivity contribution in [3.05, 3.63) is 58.5 Å². The van der Waals surface area contributed by atoms with Gasteiger partial charge in [0.2, 0.25) is 0 Å². The molecule has 0 atom stereocenters. The van der Waals surface area contributed by atoms with E-state index in [0.29, 0.717) is 6.54 Å². The number of hydrogen-bond acceptors (Lipinski definition) is 2. The molecule has 0 spiro atoms. The molecule has 2 N–H and O–H groups in total. The van der Waals surface area contributed by atoms with Crippen LogP contribution < -0.4 is 10.9 Å². The van der Waals surface area contributed by atoms with Crippen LogP contribution in [0, 0.1) is 5.41 Å². The van der Waals surface area contributed by atoms with Gasteiger partial charge < -0.3 is 5.32 Å². The minimum atomic E-state index is -0.0333. The highest BCUT2D eigenvalue weighted by Gasteiger charge is 2.18. The molecule has 4 nitrogen and oxygen atoms in total. The van der Waals surface area contributed by atoms with Crippen molar-refractivity contribution in [2.24, 2.45) is 12.5 Å². The summed E-state index contributed by atoms with van der Waals surface area (Å²) in [5.74, 6) is 0. The summed E-state index contributed by atoms with van der Waals surface area (Å²) in [6, 6.07) is 9.88. The molecule has 0 fully saturated rings. The van der Waals surface area contributed by atoms with Crippen molar-refractivity contribution in [2.75, 3.05) is 0 Å². The van der Waals surface area contributed by atoms with Gasteiger partial charge in [0.25, 0.3) is 5.56 Å². The van der Waals surface area contributed by atoms with Gasteiger partial charge >= 0.3 is 0 Å². The Morgan fingerprint density at radius 3 is 2.48 bits per heavy atom. The minimum Gasteiger partial charge on any atom is -0.384 e. The van der Waals surface area contributed by atoms with Gasteiger partial charge in [0.1, 0.15) is 0 Å². The standard InChI is InChI=1S/C17H23N3O/c1-12(17(2,3)4)18-11-14-15(19-20(5)16(14)21)13-9-7-6-8-10-13/h6-10,18-19H,1,11H2,2-5H3. The monoisotopic (exact) mass is 285 g/mol. The van der Waals surface area contributed by atoms with Crippen LogP contribution in [0.5, 0.6) is 0 Å². The molecule has 0 bridgehead atoms. The van der Waals surface area contributed by atoms with Crippen LogP contribution in [0.15, 0.2) is 47.4 Å². The highest BCUT2D eigenvalue weighted by Crippen LogP contribution is 2.23. The van der Waals surface area contributed by atoms with Crippen molar-refractivity contribution < 1.29 is 0 Å². The number of aryl methyl sites for hydroxylation is 1. The fraction of sp³-hybridized carbons (Fsp3) is 0.353. The predicted octanol–water partition coefficient (Wildman–Crippen LogP) is 3.03. The van der Waals surface area contributed by atoms with Gasteiger partial charge in [-0.05, 0) is 5.56 Å². The molecular weight excluding hydrogens is 262 g/mol. The Kier molecular flexibility index (Phi) is 4.07. The van der Waals surface area contributed by atoms with Gasteiger partial charge in [0.15, 0.2) is 0 Å². The zero-order valence-electron chi connectivity index (χ0n) is 13.2. The second-order valence-corrected chi connectivity index (χ2v) is 6.28. The smallest absolute Gasteiger partial charge is 0.271 e. The maximum absolute atomic E-state index is 12.3. The van der Waals surface area contributed by atoms with Crippen LogP contribution in [-0.2, 0) is 13.6 Å². The summed E-state index contributed by atoms with van der Waals surface area (Å²) >= 11 is 0. The Balaban J connectivity index is 2.32. The first kappa shape index (κ1) is 15.2. The van der Waals surface area contributed by atoms with Crippen molar-refractivity contribution in [3.63, 3.8) is 0 Å². The molecule has 21 heavy (non-hydrogen) atoms. The van der Waals surface area contributed by atoms with Gasteiger partial charge in [0.05, 0.1) is 11.3 Å². The molecule has 2 rings (SSSR count). The lowest BCUT2D eigenvalue weighted by atomic mass is 9.93. The summed E-state index contributed by atoms with van der Waals surface area (Å²) in [6.07, 6.45) is 0. The first-order valence-corrected chi connectivity index (χ1v) is 7.07. The van der Waals surface area contributed by atoms with Crippen molar-refractivity contribution in [2.45, 2.75) is 27.3 Å². The first-order valence-electron chi connectivity index (χ1n) is 7.07. The molecule has 0 aliphatic rings. The maximum atomic E-state index is 12.3. The number of aromatic nitrogens is 2. The summed E-state index contributed by atoms with van der Waals surface area (Å²) in [5, 5.41) is 6.40. The molecule has 1 heterocycles. The van der Waals surface area contributed by atoms with E-state index >= 15 is 0 Å². The Morgan fingerprint density at radius 1 is 1.29 bits per heavy atom. The van der Waals surface area contributed by atoms with Gasteiger partial charge in [-0.1, -0.05) is 57.7 Å². The van der Waals surface area contributed by atoms with E-state index in [9.17, 15) is 4.79 Å². The molecule has 0 saturated heterocycles. The number of aromatic amines is 1. The Morgan fingerprint density at radius 2 is 1.90 bits per heavy atom. The van der Waals surface area contributed by atoms with E-state index in [0.717, 1.165) is 22.5 Å². The zero-order chi connectivity index (χ0) is 15.6. The molecule has 0 amide bonds. The third-order valence-electron chi connectivity index (χ3n) is 3.59. The lowest BCUT2D eigenvalue weighted by Crippen LogP contribution is -2.26. The number of nitrogens with zero attached hydrogens (tertiary/aromatic N) is 1. The minimum absolute atomic E-state index is 0.0111. The van der Waals surface area contributed by atoms with Gasteiger partial charge in [-0.25, -0.2) is 0 Å². The molecule has 1 aromatic heterocycles. The van der Waals surface area contributed by atoms with Crippen LogP contribution in [0.2, 0.25) is 0 Å². The number of rotatable bonds is 4. The van der Waals surface area contributed by atoms with Crippen molar-refractivity contribution in [3.8, 4) is 11.3 Å². The Hall–Kier alpha value is -2.23. The van der Waals surface area contributed by atoms with Crippen molar-refractivity contribution >= 4 is 0 Å². The second-order valence-electron chi connectivity index (χ2n) is 6.28. The molecule has 0 aliphatic heterocycles. The number of allylic oxidation sites excluding steroid dienone is 1. The molecular formula is C17H23N3O. The van der Waals surface area contributed by atoms with Crippen LogP contribution in [0.3, 0.4) is 0 Å². The van der Waals surface area contributed by atoms with Crippen LogP contribution in [0.4, 0.5) is 0 Å². The first-order chi connectivity index (χ1) is 9.80. The number of hydrogen-bond donors (Lipinski definition) is 2. The third-order valence-corrected chi connectivity index (χ3v) is 3.59. The van der Waals surface area contributed by atoms with E-state index in [2.05, 4.69) is 37.8 Å². The van der Waals surface area contributed by atoms with Gasteiger partial charge in [0, 0.05) is 24.7 Å². The summed E-state index contributed by atoms with van der Waals surface area (Å²) in [6.45, 7) is 10.8. The van der Waals surface area contributed by atoms with Gasteiger partial charge in [-0.2, -0.15) is 0 Å². The molecule has 0 radical (unpaired) electrons. The highest BCUT2D eigenvalue weighted by atomic mass is 16.1. The summed E-state index contributed by atoms with van der Waals surface area (Å²) < 4.78 is 1.51. The van der Waals surface area contributed by atoms with Crippen molar-refractivity contribution in [1.82, 2.24) is 15.1 Å². The van der Waals surface area contributed by atoms with Crippen LogP contribution in [0.25, 0.3) is 11.3 Å². The quantitative estimate of drug-likeness (QED) is 0.907. The molecule has 4 heteroatoms. The molecule has 0 unspecified atom stereocenters. The lowest BCUT2D eigenvalue weighted by molar-refractivity contribution is 0.461. The highest BCUT2D eigenvalue weighted by molar-refractivity contribution is 5.62. The zero-order valence-corrected chi connectivity index (χ0v) is 13.2. The maximum Gasteiger partial charge on any atom is 0.271 e. The van der Waals surface area contributed by atoms with E-state index in [1.54, 1.807) is 7.05 Å². The molecule has 2 aromatic rings. The van der Waals surface area contributed by atoms with Crippen LogP contribution in [-0.4, -0.2) is 9.78 Å². The number of benzene rings is 1. The van der Waals surface area contributed by atoms with Crippen molar-refractivity contribution in [1.29, 1.82) is 0 Å². The van der Waals surface area contributed by atoms with E-state index in [4.69, 9.17) is 0 Å². The molecule has 112 valence electrons. The van der Waals surface area contributed by atoms with E-state index < -0.39 is 0 Å². The summed E-state index contributed by atoms with van der Waals surface area (Å²) in [5.41, 5.74) is 3.47. The molecule has 1 aromatic carbocycles. The average Bonchev–Trinajstić information content (AvgIpc) is 2.72. The Bertz CT molecular complexity index is 687. The number of nitrogens with one attached hydrogen (secondary N) is 2. The number of H-pyrrole nitrogens is 1.